The molecule has 0 amide bonds. The molecule has 0 spiro atoms. The molecular formula is C15H25NOS. The molecule has 0 aliphatic heterocycles. The van der Waals surface area contributed by atoms with Crippen LogP contribution in [0.15, 0.2) is 12.1 Å². The molecule has 2 nitrogen and oxygen atoms in total. The van der Waals surface area contributed by atoms with E-state index in [1.807, 2.05) is 0 Å². The van der Waals surface area contributed by atoms with Gasteiger partial charge >= 0.3 is 0 Å². The summed E-state index contributed by atoms with van der Waals surface area (Å²) in [5, 5.41) is 3.43. The summed E-state index contributed by atoms with van der Waals surface area (Å²) < 4.78 is 5.42. The van der Waals surface area contributed by atoms with Crippen molar-refractivity contribution in [2.24, 2.45) is 0 Å². The van der Waals surface area contributed by atoms with Gasteiger partial charge in [-0.3, -0.25) is 0 Å². The van der Waals surface area contributed by atoms with Gasteiger partial charge in [-0.05, 0) is 30.5 Å². The fraction of sp³-hybridized carbons (Fsp3) is 0.600. The first-order valence-corrected chi connectivity index (χ1v) is 7.03. The van der Waals surface area contributed by atoms with E-state index in [9.17, 15) is 0 Å². The average molecular weight is 267 g/mol. The molecule has 0 unspecified atom stereocenters. The number of hydrogen-bond acceptors (Lipinski definition) is 3. The van der Waals surface area contributed by atoms with Crippen molar-refractivity contribution in [1.82, 2.24) is 5.32 Å². The maximum atomic E-state index is 5.42. The summed E-state index contributed by atoms with van der Waals surface area (Å²) in [5.41, 5.74) is 3.87. The van der Waals surface area contributed by atoms with Gasteiger partial charge in [0.2, 0.25) is 0 Å². The quantitative estimate of drug-likeness (QED) is 0.610. The number of benzene rings is 1. The highest BCUT2D eigenvalue weighted by Gasteiger charge is 2.21. The summed E-state index contributed by atoms with van der Waals surface area (Å²) >= 11 is 4.22. The van der Waals surface area contributed by atoms with Crippen molar-refractivity contribution >= 4 is 12.6 Å². The second-order valence-electron chi connectivity index (χ2n) is 5.43. The van der Waals surface area contributed by atoms with E-state index in [0.717, 1.165) is 24.6 Å². The average Bonchev–Trinajstić information content (AvgIpc) is 2.28. The molecule has 0 saturated heterocycles. The summed E-state index contributed by atoms with van der Waals surface area (Å²) in [6.45, 7) is 10.6. The zero-order valence-corrected chi connectivity index (χ0v) is 13.0. The maximum absolute atomic E-state index is 5.42. The summed E-state index contributed by atoms with van der Waals surface area (Å²) in [5.74, 6) is 1.87. The van der Waals surface area contributed by atoms with Crippen molar-refractivity contribution in [3.8, 4) is 5.75 Å². The van der Waals surface area contributed by atoms with Crippen molar-refractivity contribution in [2.75, 3.05) is 26.0 Å². The van der Waals surface area contributed by atoms with E-state index in [0.29, 0.717) is 0 Å². The van der Waals surface area contributed by atoms with Crippen LogP contribution in [0.5, 0.6) is 5.75 Å². The first-order valence-electron chi connectivity index (χ1n) is 6.39. The number of ether oxygens (including phenoxy) is 1. The Morgan fingerprint density at radius 2 is 1.78 bits per heavy atom. The lowest BCUT2D eigenvalue weighted by atomic mass is 9.82. The Bertz CT molecular complexity index is 378. The van der Waals surface area contributed by atoms with Crippen LogP contribution in [0, 0.1) is 13.8 Å². The van der Waals surface area contributed by atoms with Gasteiger partial charge in [0.1, 0.15) is 5.75 Å². The number of methoxy groups -OCH3 is 1. The third kappa shape index (κ3) is 3.66. The van der Waals surface area contributed by atoms with Crippen molar-refractivity contribution < 1.29 is 4.74 Å². The Labute approximate surface area is 117 Å². The topological polar surface area (TPSA) is 21.3 Å². The lowest BCUT2D eigenvalue weighted by Gasteiger charge is -2.27. The molecule has 0 fully saturated rings. The van der Waals surface area contributed by atoms with Gasteiger partial charge < -0.3 is 10.1 Å². The minimum Gasteiger partial charge on any atom is -0.496 e. The predicted octanol–water partition coefficient (Wildman–Crippen LogP) is 3.11. The van der Waals surface area contributed by atoms with Gasteiger partial charge in [0.15, 0.2) is 0 Å². The second-order valence-corrected chi connectivity index (χ2v) is 5.87. The highest BCUT2D eigenvalue weighted by atomic mass is 32.1. The zero-order chi connectivity index (χ0) is 13.8. The molecule has 1 aromatic carbocycles. The molecule has 0 aromatic heterocycles. The third-order valence-corrected chi connectivity index (χ3v) is 3.53. The third-order valence-electron chi connectivity index (χ3n) is 3.30. The first-order chi connectivity index (χ1) is 8.42. The summed E-state index contributed by atoms with van der Waals surface area (Å²) in [6.07, 6.45) is 0. The number of nitrogens with one attached hydrogen (secondary N) is 1. The number of thiol groups is 1. The van der Waals surface area contributed by atoms with E-state index >= 15 is 0 Å². The van der Waals surface area contributed by atoms with Crippen LogP contribution < -0.4 is 10.1 Å². The summed E-state index contributed by atoms with van der Waals surface area (Å²) in [4.78, 5) is 0. The molecule has 0 atom stereocenters. The highest BCUT2D eigenvalue weighted by Crippen LogP contribution is 2.30. The Balaban J connectivity index is 2.95. The molecule has 0 radical (unpaired) electrons. The van der Waals surface area contributed by atoms with Crippen LogP contribution in [0.2, 0.25) is 0 Å². The molecule has 0 aliphatic rings. The molecule has 0 aliphatic carbocycles. The van der Waals surface area contributed by atoms with E-state index < -0.39 is 0 Å². The van der Waals surface area contributed by atoms with Crippen molar-refractivity contribution in [3.05, 3.63) is 28.8 Å². The Morgan fingerprint density at radius 3 is 2.22 bits per heavy atom. The van der Waals surface area contributed by atoms with E-state index in [1.165, 1.54) is 16.7 Å². The van der Waals surface area contributed by atoms with Gasteiger partial charge in [0.25, 0.3) is 0 Å². The van der Waals surface area contributed by atoms with Gasteiger partial charge in [0, 0.05) is 24.3 Å². The Kier molecular flexibility index (Phi) is 5.54. The van der Waals surface area contributed by atoms with Crippen LogP contribution in [-0.4, -0.2) is 26.0 Å². The van der Waals surface area contributed by atoms with Crippen LogP contribution in [0.3, 0.4) is 0 Å². The number of aryl methyl sites for hydroxylation is 2. The van der Waals surface area contributed by atoms with E-state index in [2.05, 4.69) is 57.8 Å². The van der Waals surface area contributed by atoms with E-state index in [4.69, 9.17) is 4.74 Å². The molecular weight excluding hydrogens is 242 g/mol. The van der Waals surface area contributed by atoms with Gasteiger partial charge in [-0.2, -0.15) is 12.6 Å². The molecule has 1 N–H and O–H groups in total. The fourth-order valence-electron chi connectivity index (χ4n) is 2.24. The zero-order valence-electron chi connectivity index (χ0n) is 12.1. The van der Waals surface area contributed by atoms with Gasteiger partial charge in [-0.25, -0.2) is 0 Å². The Morgan fingerprint density at radius 1 is 1.22 bits per heavy atom. The van der Waals surface area contributed by atoms with Gasteiger partial charge in [-0.15, -0.1) is 0 Å². The molecule has 102 valence electrons. The van der Waals surface area contributed by atoms with Crippen LogP contribution in [0.4, 0.5) is 0 Å². The monoisotopic (exact) mass is 267 g/mol. The normalized spacial score (nSPS) is 11.7. The molecule has 1 rings (SSSR count). The van der Waals surface area contributed by atoms with Gasteiger partial charge in [-0.1, -0.05) is 26.0 Å². The van der Waals surface area contributed by atoms with Crippen LogP contribution in [0.1, 0.15) is 30.5 Å². The lowest BCUT2D eigenvalue weighted by Crippen LogP contribution is -2.34. The second kappa shape index (κ2) is 6.48. The van der Waals surface area contributed by atoms with Crippen LogP contribution in [-0.2, 0) is 5.41 Å². The molecule has 0 saturated carbocycles. The van der Waals surface area contributed by atoms with E-state index in [-0.39, 0.29) is 5.41 Å². The van der Waals surface area contributed by atoms with E-state index in [1.54, 1.807) is 7.11 Å². The smallest absolute Gasteiger partial charge is 0.124 e. The van der Waals surface area contributed by atoms with Crippen molar-refractivity contribution in [1.29, 1.82) is 0 Å². The molecule has 0 heterocycles. The number of rotatable bonds is 6. The molecule has 18 heavy (non-hydrogen) atoms. The van der Waals surface area contributed by atoms with Crippen molar-refractivity contribution in [2.45, 2.75) is 33.1 Å². The highest BCUT2D eigenvalue weighted by molar-refractivity contribution is 7.80. The largest absolute Gasteiger partial charge is 0.496 e. The standard InChI is InChI=1S/C15H25NOS/c1-11-8-13(9-12(2)14(11)17-5)15(3,4)10-16-6-7-18/h8-9,16,18H,6-7,10H2,1-5H3. The SMILES string of the molecule is COc1c(C)cc(C(C)(C)CNCCS)cc1C. The predicted molar refractivity (Wildman–Crippen MR) is 82.2 cm³/mol. The minimum absolute atomic E-state index is 0.116. The Hall–Kier alpha value is -0.670. The fourth-order valence-corrected chi connectivity index (χ4v) is 2.40. The van der Waals surface area contributed by atoms with Crippen molar-refractivity contribution in [3.63, 3.8) is 0 Å². The first kappa shape index (κ1) is 15.4. The van der Waals surface area contributed by atoms with Crippen LogP contribution >= 0.6 is 12.6 Å². The number of hydrogen-bond donors (Lipinski definition) is 2. The minimum atomic E-state index is 0.116. The van der Waals surface area contributed by atoms with Gasteiger partial charge in [0.05, 0.1) is 7.11 Å². The molecule has 0 bridgehead atoms. The maximum Gasteiger partial charge on any atom is 0.124 e. The molecule has 3 heteroatoms. The summed E-state index contributed by atoms with van der Waals surface area (Å²) in [7, 11) is 1.73. The molecule has 1 aromatic rings. The summed E-state index contributed by atoms with van der Waals surface area (Å²) in [6, 6.07) is 4.46. The van der Waals surface area contributed by atoms with Crippen LogP contribution in [0.25, 0.3) is 0 Å². The lowest BCUT2D eigenvalue weighted by molar-refractivity contribution is 0.407.